The van der Waals surface area contributed by atoms with Gasteiger partial charge in [-0.25, -0.2) is 0 Å². The number of nitrogens with zero attached hydrogens (tertiary/aromatic N) is 2. The molecule has 1 saturated heterocycles. The van der Waals surface area contributed by atoms with Gasteiger partial charge in [0.05, 0.1) is 18.2 Å². The Morgan fingerprint density at radius 2 is 2.40 bits per heavy atom. The molecule has 0 bridgehead atoms. The Morgan fingerprint density at radius 3 is 3.00 bits per heavy atom. The molecule has 0 aliphatic carbocycles. The highest BCUT2D eigenvalue weighted by Crippen LogP contribution is 2.14. The fraction of sp³-hybridized carbons (Fsp3) is 0.500. The summed E-state index contributed by atoms with van der Waals surface area (Å²) in [4.78, 5) is 11.6. The van der Waals surface area contributed by atoms with E-state index < -0.39 is 0 Å². The van der Waals surface area contributed by atoms with Crippen molar-refractivity contribution in [2.75, 3.05) is 18.5 Å². The molecule has 0 aromatic carbocycles. The standard InChI is InChI=1S/C10H13N3O2/c1-7-2-3-9(13-12-7)11-10(14)8-4-5-15-6-8/h2-3,8H,4-6H2,1H3,(H,11,13,14). The van der Waals surface area contributed by atoms with Gasteiger partial charge in [-0.2, -0.15) is 5.10 Å². The monoisotopic (exact) mass is 207 g/mol. The predicted octanol–water partition coefficient (Wildman–Crippen LogP) is 0.760. The Kier molecular flexibility index (Phi) is 2.91. The molecule has 5 nitrogen and oxygen atoms in total. The molecular weight excluding hydrogens is 194 g/mol. The van der Waals surface area contributed by atoms with E-state index in [1.807, 2.05) is 13.0 Å². The lowest BCUT2D eigenvalue weighted by molar-refractivity contribution is -0.119. The number of hydrogen-bond acceptors (Lipinski definition) is 4. The van der Waals surface area contributed by atoms with Crippen LogP contribution in [0.25, 0.3) is 0 Å². The lowest BCUT2D eigenvalue weighted by Gasteiger charge is -2.07. The first kappa shape index (κ1) is 10.0. The summed E-state index contributed by atoms with van der Waals surface area (Å²) in [6, 6.07) is 3.56. The van der Waals surface area contributed by atoms with Crippen molar-refractivity contribution in [1.29, 1.82) is 0 Å². The first-order valence-corrected chi connectivity index (χ1v) is 4.94. The number of hydrogen-bond donors (Lipinski definition) is 1. The molecule has 1 atom stereocenters. The second-order valence-electron chi connectivity index (χ2n) is 3.61. The third-order valence-electron chi connectivity index (χ3n) is 2.35. The van der Waals surface area contributed by atoms with Crippen LogP contribution in [0.2, 0.25) is 0 Å². The summed E-state index contributed by atoms with van der Waals surface area (Å²) in [6.07, 6.45) is 0.783. The average molecular weight is 207 g/mol. The summed E-state index contributed by atoms with van der Waals surface area (Å²) >= 11 is 0. The zero-order valence-electron chi connectivity index (χ0n) is 8.56. The molecule has 0 saturated carbocycles. The highest BCUT2D eigenvalue weighted by atomic mass is 16.5. The summed E-state index contributed by atoms with van der Waals surface area (Å²) < 4.78 is 5.14. The van der Waals surface area contributed by atoms with Crippen LogP contribution < -0.4 is 5.32 Å². The van der Waals surface area contributed by atoms with Gasteiger partial charge in [-0.1, -0.05) is 0 Å². The molecule has 1 aliphatic heterocycles. The van der Waals surface area contributed by atoms with Crippen LogP contribution in [-0.2, 0) is 9.53 Å². The number of ether oxygens (including phenoxy) is 1. The number of nitrogens with one attached hydrogen (secondary N) is 1. The molecule has 1 unspecified atom stereocenters. The molecule has 1 aromatic heterocycles. The molecule has 1 fully saturated rings. The fourth-order valence-corrected chi connectivity index (χ4v) is 1.44. The van der Waals surface area contributed by atoms with E-state index in [-0.39, 0.29) is 11.8 Å². The number of aromatic nitrogens is 2. The first-order chi connectivity index (χ1) is 7.25. The number of amides is 1. The van der Waals surface area contributed by atoms with E-state index in [9.17, 15) is 4.79 Å². The summed E-state index contributed by atoms with van der Waals surface area (Å²) in [6.45, 7) is 3.02. The van der Waals surface area contributed by atoms with E-state index in [2.05, 4.69) is 15.5 Å². The third kappa shape index (κ3) is 2.50. The lowest BCUT2D eigenvalue weighted by atomic mass is 10.1. The van der Waals surface area contributed by atoms with Crippen molar-refractivity contribution in [3.63, 3.8) is 0 Å². The molecule has 1 amide bonds. The van der Waals surface area contributed by atoms with Crippen molar-refractivity contribution in [2.24, 2.45) is 5.92 Å². The minimum absolute atomic E-state index is 0.0364. The van der Waals surface area contributed by atoms with Crippen LogP contribution in [0.15, 0.2) is 12.1 Å². The van der Waals surface area contributed by atoms with Gasteiger partial charge in [0.1, 0.15) is 0 Å². The van der Waals surface area contributed by atoms with Crippen molar-refractivity contribution in [1.82, 2.24) is 10.2 Å². The highest BCUT2D eigenvalue weighted by molar-refractivity contribution is 5.91. The van der Waals surface area contributed by atoms with E-state index in [4.69, 9.17) is 4.74 Å². The fourth-order valence-electron chi connectivity index (χ4n) is 1.44. The number of carbonyl (C=O) groups is 1. The maximum atomic E-state index is 11.6. The van der Waals surface area contributed by atoms with E-state index >= 15 is 0 Å². The zero-order chi connectivity index (χ0) is 10.7. The molecule has 2 rings (SSSR count). The minimum Gasteiger partial charge on any atom is -0.381 e. The Hall–Kier alpha value is -1.49. The summed E-state index contributed by atoms with van der Waals surface area (Å²) in [5, 5.41) is 10.4. The van der Waals surface area contributed by atoms with E-state index in [1.54, 1.807) is 6.07 Å². The van der Waals surface area contributed by atoms with Gasteiger partial charge in [-0.15, -0.1) is 5.10 Å². The molecular formula is C10H13N3O2. The molecule has 0 radical (unpaired) electrons. The molecule has 0 spiro atoms. The quantitative estimate of drug-likeness (QED) is 0.777. The molecule has 1 N–H and O–H groups in total. The molecule has 1 aromatic rings. The maximum Gasteiger partial charge on any atom is 0.231 e. The molecule has 80 valence electrons. The second-order valence-corrected chi connectivity index (χ2v) is 3.61. The summed E-state index contributed by atoms with van der Waals surface area (Å²) in [7, 11) is 0. The molecule has 1 aliphatic rings. The third-order valence-corrected chi connectivity index (χ3v) is 2.35. The van der Waals surface area contributed by atoms with Gasteiger partial charge in [0.15, 0.2) is 5.82 Å². The van der Waals surface area contributed by atoms with E-state index in [0.717, 1.165) is 12.1 Å². The number of aryl methyl sites for hydroxylation is 1. The average Bonchev–Trinajstić information content (AvgIpc) is 2.74. The van der Waals surface area contributed by atoms with Crippen molar-refractivity contribution in [3.05, 3.63) is 17.8 Å². The van der Waals surface area contributed by atoms with Gasteiger partial charge < -0.3 is 10.1 Å². The molecule has 15 heavy (non-hydrogen) atoms. The van der Waals surface area contributed by atoms with Gasteiger partial charge in [0.25, 0.3) is 0 Å². The Morgan fingerprint density at radius 1 is 1.53 bits per heavy atom. The van der Waals surface area contributed by atoms with Crippen LogP contribution in [0.1, 0.15) is 12.1 Å². The van der Waals surface area contributed by atoms with E-state index in [0.29, 0.717) is 19.0 Å². The molecule has 5 heteroatoms. The SMILES string of the molecule is Cc1ccc(NC(=O)C2CCOC2)nn1. The van der Waals surface area contributed by atoms with Gasteiger partial charge in [0.2, 0.25) is 5.91 Å². The van der Waals surface area contributed by atoms with Crippen molar-refractivity contribution >= 4 is 11.7 Å². The van der Waals surface area contributed by atoms with Gasteiger partial charge in [0, 0.05) is 6.61 Å². The zero-order valence-corrected chi connectivity index (χ0v) is 8.56. The molecule has 2 heterocycles. The number of anilines is 1. The summed E-state index contributed by atoms with van der Waals surface area (Å²) in [5.41, 5.74) is 0.831. The smallest absolute Gasteiger partial charge is 0.231 e. The van der Waals surface area contributed by atoms with Crippen LogP contribution in [0.3, 0.4) is 0 Å². The first-order valence-electron chi connectivity index (χ1n) is 4.94. The second kappa shape index (κ2) is 4.35. The van der Waals surface area contributed by atoms with Crippen molar-refractivity contribution < 1.29 is 9.53 Å². The Labute approximate surface area is 87.8 Å². The van der Waals surface area contributed by atoms with Gasteiger partial charge in [-0.05, 0) is 25.5 Å². The van der Waals surface area contributed by atoms with Crippen LogP contribution in [0.5, 0.6) is 0 Å². The van der Waals surface area contributed by atoms with Crippen molar-refractivity contribution in [3.8, 4) is 0 Å². The van der Waals surface area contributed by atoms with Crippen LogP contribution in [-0.4, -0.2) is 29.3 Å². The minimum atomic E-state index is -0.0481. The maximum absolute atomic E-state index is 11.6. The van der Waals surface area contributed by atoms with Gasteiger partial charge >= 0.3 is 0 Å². The van der Waals surface area contributed by atoms with Gasteiger partial charge in [-0.3, -0.25) is 4.79 Å². The number of rotatable bonds is 2. The highest BCUT2D eigenvalue weighted by Gasteiger charge is 2.23. The van der Waals surface area contributed by atoms with E-state index in [1.165, 1.54) is 0 Å². The predicted molar refractivity (Wildman–Crippen MR) is 54.3 cm³/mol. The summed E-state index contributed by atoms with van der Waals surface area (Å²) in [5.74, 6) is 0.413. The largest absolute Gasteiger partial charge is 0.381 e. The van der Waals surface area contributed by atoms with Crippen LogP contribution >= 0.6 is 0 Å². The lowest BCUT2D eigenvalue weighted by Crippen LogP contribution is -2.23. The van der Waals surface area contributed by atoms with Crippen LogP contribution in [0, 0.1) is 12.8 Å². The van der Waals surface area contributed by atoms with Crippen molar-refractivity contribution in [2.45, 2.75) is 13.3 Å². The van der Waals surface area contributed by atoms with Crippen LogP contribution in [0.4, 0.5) is 5.82 Å². The normalized spacial score (nSPS) is 20.2. The Balaban J connectivity index is 1.96. The topological polar surface area (TPSA) is 64.1 Å². The Bertz CT molecular complexity index is 344. The number of carbonyl (C=O) groups excluding carboxylic acids is 1.